The van der Waals surface area contributed by atoms with E-state index in [1.807, 2.05) is 5.92 Å². The second kappa shape index (κ2) is 4.77. The second-order valence-corrected chi connectivity index (χ2v) is 4.84. The van der Waals surface area contributed by atoms with Gasteiger partial charge in [0, 0.05) is 0 Å². The summed E-state index contributed by atoms with van der Waals surface area (Å²) in [5, 5.41) is 19.1. The van der Waals surface area contributed by atoms with Crippen LogP contribution in [-0.4, -0.2) is 54.2 Å². The van der Waals surface area contributed by atoms with Gasteiger partial charge in [0.15, 0.2) is 17.4 Å². The summed E-state index contributed by atoms with van der Waals surface area (Å²) in [4.78, 5) is 21.7. The minimum absolute atomic E-state index is 0.0469. The third-order valence-electron chi connectivity index (χ3n) is 3.55. The van der Waals surface area contributed by atoms with Crippen LogP contribution >= 0.6 is 0 Å². The molecule has 0 radical (unpaired) electrons. The minimum Gasteiger partial charge on any atom is -0.394 e. The van der Waals surface area contributed by atoms with Crippen LogP contribution in [0.5, 0.6) is 0 Å². The van der Waals surface area contributed by atoms with Crippen LogP contribution in [0.1, 0.15) is 6.23 Å². The van der Waals surface area contributed by atoms with E-state index in [1.54, 1.807) is 0 Å². The summed E-state index contributed by atoms with van der Waals surface area (Å²) >= 11 is 0. The number of hydrogen-bond acceptors (Lipinski definition) is 7. The number of nitrogens with two attached hydrogens (primary N) is 1. The van der Waals surface area contributed by atoms with E-state index in [2.05, 4.69) is 15.0 Å². The maximum absolute atomic E-state index is 14.9. The first-order chi connectivity index (χ1) is 10.4. The second-order valence-electron chi connectivity index (χ2n) is 4.84. The number of aliphatic hydroxyl groups is 2. The number of hydrogen-bond donors (Lipinski definition) is 4. The number of nitrogens with one attached hydrogen (secondary N) is 1. The Morgan fingerprint density at radius 1 is 1.68 bits per heavy atom. The topological polar surface area (TPSA) is 139 Å². The Morgan fingerprint density at radius 2 is 2.41 bits per heavy atom. The molecule has 4 atom stereocenters. The molecule has 0 aromatic carbocycles. The van der Waals surface area contributed by atoms with Gasteiger partial charge in [0.05, 0.1) is 12.9 Å². The van der Waals surface area contributed by atoms with E-state index in [-0.39, 0.29) is 17.1 Å². The molecular formula is C12H12FN5O4. The van der Waals surface area contributed by atoms with Gasteiger partial charge in [-0.05, 0) is 0 Å². The lowest BCUT2D eigenvalue weighted by molar-refractivity contribution is -0.0504. The molecule has 3 rings (SSSR count). The van der Waals surface area contributed by atoms with Crippen molar-refractivity contribution in [2.75, 3.05) is 12.3 Å². The van der Waals surface area contributed by atoms with Gasteiger partial charge in [-0.25, -0.2) is 9.37 Å². The molecule has 22 heavy (non-hydrogen) atoms. The van der Waals surface area contributed by atoms with Gasteiger partial charge in [0.1, 0.15) is 12.2 Å². The third-order valence-corrected chi connectivity index (χ3v) is 3.55. The van der Waals surface area contributed by atoms with Crippen LogP contribution in [0.4, 0.5) is 10.3 Å². The number of aliphatic hydroxyl groups excluding tert-OH is 2. The Labute approximate surface area is 122 Å². The predicted octanol–water partition coefficient (Wildman–Crippen LogP) is -1.71. The average molecular weight is 309 g/mol. The van der Waals surface area contributed by atoms with E-state index in [0.717, 1.165) is 10.9 Å². The Bertz CT molecular complexity index is 827. The molecule has 0 spiro atoms. The molecule has 1 aliphatic heterocycles. The van der Waals surface area contributed by atoms with Crippen LogP contribution in [0.15, 0.2) is 11.1 Å². The van der Waals surface area contributed by atoms with Crippen LogP contribution < -0.4 is 11.3 Å². The molecule has 10 heteroatoms. The number of alkyl halides is 1. The summed E-state index contributed by atoms with van der Waals surface area (Å²) in [5.41, 5.74) is 2.10. The average Bonchev–Trinajstić information content (AvgIpc) is 3.00. The fraction of sp³-hybridized carbons (Fsp3) is 0.417. The van der Waals surface area contributed by atoms with E-state index in [0.29, 0.717) is 0 Å². The molecule has 5 N–H and O–H groups in total. The first-order valence-electron chi connectivity index (χ1n) is 6.25. The van der Waals surface area contributed by atoms with Crippen molar-refractivity contribution in [3.05, 3.63) is 16.7 Å². The van der Waals surface area contributed by atoms with E-state index >= 15 is 0 Å². The molecule has 1 unspecified atom stereocenters. The number of nitrogens with zero attached hydrogens (tertiary/aromatic N) is 3. The maximum Gasteiger partial charge on any atom is 0.280 e. The van der Waals surface area contributed by atoms with Gasteiger partial charge in [-0.1, -0.05) is 5.92 Å². The molecule has 0 saturated carbocycles. The Morgan fingerprint density at radius 3 is 3.05 bits per heavy atom. The van der Waals surface area contributed by atoms with Gasteiger partial charge in [-0.2, -0.15) is 4.98 Å². The van der Waals surface area contributed by atoms with Crippen molar-refractivity contribution in [2.45, 2.75) is 24.1 Å². The summed E-state index contributed by atoms with van der Waals surface area (Å²) in [6, 6.07) is 0. The summed E-state index contributed by atoms with van der Waals surface area (Å²) in [6.07, 6.45) is 1.81. The van der Waals surface area contributed by atoms with E-state index in [9.17, 15) is 14.3 Å². The number of H-pyrrole nitrogens is 1. The fourth-order valence-corrected chi connectivity index (χ4v) is 2.44. The zero-order valence-electron chi connectivity index (χ0n) is 11.1. The molecule has 2 aromatic rings. The normalized spacial score (nSPS) is 31.5. The fourth-order valence-electron chi connectivity index (χ4n) is 2.44. The maximum atomic E-state index is 14.9. The molecule has 2 aromatic heterocycles. The van der Waals surface area contributed by atoms with Crippen LogP contribution in [0.25, 0.3) is 11.2 Å². The molecule has 3 heterocycles. The molecule has 1 aliphatic rings. The number of anilines is 1. The highest BCUT2D eigenvalue weighted by molar-refractivity contribution is 5.70. The quantitative estimate of drug-likeness (QED) is 0.484. The number of imidazole rings is 1. The first kappa shape index (κ1) is 14.5. The Balaban J connectivity index is 2.19. The van der Waals surface area contributed by atoms with Crippen molar-refractivity contribution in [1.29, 1.82) is 0 Å². The number of fused-ring (bicyclic) bond motifs is 1. The lowest BCUT2D eigenvalue weighted by Crippen LogP contribution is -2.42. The third kappa shape index (κ3) is 1.80. The molecule has 0 bridgehead atoms. The van der Waals surface area contributed by atoms with E-state index < -0.39 is 36.3 Å². The van der Waals surface area contributed by atoms with Crippen LogP contribution in [-0.2, 0) is 4.74 Å². The molecule has 0 amide bonds. The van der Waals surface area contributed by atoms with Gasteiger partial charge in [-0.15, -0.1) is 6.42 Å². The number of aromatic amines is 1. The van der Waals surface area contributed by atoms with Crippen molar-refractivity contribution < 1.29 is 19.3 Å². The Kier molecular flexibility index (Phi) is 3.13. The summed E-state index contributed by atoms with van der Waals surface area (Å²) in [7, 11) is 0. The van der Waals surface area contributed by atoms with Gasteiger partial charge in [0.25, 0.3) is 5.56 Å². The molecule has 1 saturated heterocycles. The van der Waals surface area contributed by atoms with Crippen LogP contribution in [0.3, 0.4) is 0 Å². The number of rotatable bonds is 2. The van der Waals surface area contributed by atoms with Crippen molar-refractivity contribution in [2.24, 2.45) is 0 Å². The van der Waals surface area contributed by atoms with Gasteiger partial charge >= 0.3 is 0 Å². The lowest BCUT2D eigenvalue weighted by Gasteiger charge is -2.23. The molecule has 116 valence electrons. The van der Waals surface area contributed by atoms with Crippen molar-refractivity contribution in [3.63, 3.8) is 0 Å². The molecule has 1 fully saturated rings. The van der Waals surface area contributed by atoms with Crippen molar-refractivity contribution in [1.82, 2.24) is 19.5 Å². The highest BCUT2D eigenvalue weighted by Crippen LogP contribution is 2.41. The van der Waals surface area contributed by atoms with Gasteiger partial charge in [-0.3, -0.25) is 14.3 Å². The lowest BCUT2D eigenvalue weighted by atomic mass is 9.97. The van der Waals surface area contributed by atoms with E-state index in [1.165, 1.54) is 0 Å². The summed E-state index contributed by atoms with van der Waals surface area (Å²) < 4.78 is 21.3. The van der Waals surface area contributed by atoms with Gasteiger partial charge < -0.3 is 20.7 Å². The zero-order valence-corrected chi connectivity index (χ0v) is 11.1. The number of terminal acetylenes is 1. The standard InChI is InChI=1S/C12H12FN5O4/c1-2-12(13)7(20)5(3-19)22-10(12)18-4-15-6-8(18)16-11(14)17-9(6)21/h1,4-5,7,10,19-20H,3H2,(H3,14,16,17,21)/t5-,7-,10?,12-/m1/s1. The number of nitrogen functional groups attached to an aromatic ring is 1. The SMILES string of the molecule is C#C[C@]1(F)C(n2cnc3c(=O)[nH]c(N)nc32)O[C@H](CO)[C@H]1O. The molecular weight excluding hydrogens is 297 g/mol. The number of halogens is 1. The minimum atomic E-state index is -2.62. The van der Waals surface area contributed by atoms with Crippen LogP contribution in [0.2, 0.25) is 0 Å². The monoisotopic (exact) mass is 309 g/mol. The molecule has 9 nitrogen and oxygen atoms in total. The highest BCUT2D eigenvalue weighted by atomic mass is 19.1. The molecule has 0 aliphatic carbocycles. The Hall–Kier alpha value is -2.48. The van der Waals surface area contributed by atoms with Crippen LogP contribution in [0, 0.1) is 12.3 Å². The van der Waals surface area contributed by atoms with Gasteiger partial charge in [0.2, 0.25) is 11.6 Å². The zero-order chi connectivity index (χ0) is 16.1. The summed E-state index contributed by atoms with van der Waals surface area (Å²) in [5.74, 6) is 1.65. The highest BCUT2D eigenvalue weighted by Gasteiger charge is 2.57. The predicted molar refractivity (Wildman–Crippen MR) is 72.2 cm³/mol. The van der Waals surface area contributed by atoms with Crippen molar-refractivity contribution in [3.8, 4) is 12.3 Å². The smallest absolute Gasteiger partial charge is 0.280 e. The largest absolute Gasteiger partial charge is 0.394 e. The van der Waals surface area contributed by atoms with E-state index in [4.69, 9.17) is 22.0 Å². The number of aromatic nitrogens is 4. The summed E-state index contributed by atoms with van der Waals surface area (Å²) in [6.45, 7) is -0.631. The first-order valence-corrected chi connectivity index (χ1v) is 6.25. The van der Waals surface area contributed by atoms with Crippen molar-refractivity contribution >= 4 is 17.1 Å². The number of ether oxygens (including phenoxy) is 1.